The quantitative estimate of drug-likeness (QED) is 0.544. The molecule has 0 unspecified atom stereocenters. The number of aliphatic imine (C=N–C) groups is 1. The summed E-state index contributed by atoms with van der Waals surface area (Å²) in [5.74, 6) is 1.25. The number of methoxy groups -OCH3 is 1. The number of nitrogens with one attached hydrogen (secondary N) is 2. The summed E-state index contributed by atoms with van der Waals surface area (Å²) in [5, 5.41) is 6.82. The molecule has 0 aliphatic carbocycles. The van der Waals surface area contributed by atoms with Gasteiger partial charge in [0, 0.05) is 32.1 Å². The number of anilines is 1. The zero-order valence-electron chi connectivity index (χ0n) is 16.8. The molecule has 2 aromatic carbocycles. The van der Waals surface area contributed by atoms with Gasteiger partial charge >= 0.3 is 0 Å². The van der Waals surface area contributed by atoms with E-state index in [4.69, 9.17) is 21.3 Å². The molecule has 0 saturated carbocycles. The summed E-state index contributed by atoms with van der Waals surface area (Å²) < 4.78 is 5.30. The molecular formula is C21H27ClN4O2. The van der Waals surface area contributed by atoms with E-state index >= 15 is 0 Å². The molecule has 7 heteroatoms. The van der Waals surface area contributed by atoms with Crippen LogP contribution in [-0.2, 0) is 17.9 Å². The average molecular weight is 403 g/mol. The van der Waals surface area contributed by atoms with Crippen LogP contribution >= 0.6 is 11.6 Å². The van der Waals surface area contributed by atoms with Crippen LogP contribution in [0.3, 0.4) is 0 Å². The zero-order valence-corrected chi connectivity index (χ0v) is 17.5. The van der Waals surface area contributed by atoms with Gasteiger partial charge in [0.05, 0.1) is 19.3 Å². The number of rotatable bonds is 7. The number of guanidine groups is 1. The number of ether oxygens (including phenoxy) is 1. The van der Waals surface area contributed by atoms with Crippen LogP contribution in [0.25, 0.3) is 0 Å². The van der Waals surface area contributed by atoms with Gasteiger partial charge in [0.2, 0.25) is 5.91 Å². The summed E-state index contributed by atoms with van der Waals surface area (Å²) in [6.07, 6.45) is 0. The van der Waals surface area contributed by atoms with Gasteiger partial charge in [-0.05, 0) is 36.2 Å². The van der Waals surface area contributed by atoms with Crippen LogP contribution in [0, 0.1) is 0 Å². The lowest BCUT2D eigenvalue weighted by molar-refractivity contribution is -0.114. The van der Waals surface area contributed by atoms with Gasteiger partial charge in [-0.3, -0.25) is 4.79 Å². The van der Waals surface area contributed by atoms with Crippen LogP contribution in [0.4, 0.5) is 5.69 Å². The molecule has 150 valence electrons. The van der Waals surface area contributed by atoms with Gasteiger partial charge in [0.25, 0.3) is 0 Å². The summed E-state index contributed by atoms with van der Waals surface area (Å²) in [6.45, 7) is 5.36. The minimum atomic E-state index is -0.147. The van der Waals surface area contributed by atoms with Crippen molar-refractivity contribution in [2.45, 2.75) is 26.9 Å². The third-order valence-corrected chi connectivity index (χ3v) is 4.42. The van der Waals surface area contributed by atoms with Crippen molar-refractivity contribution in [3.63, 3.8) is 0 Å². The maximum Gasteiger partial charge on any atom is 0.221 e. The Bertz CT molecular complexity index is 839. The van der Waals surface area contributed by atoms with Crippen LogP contribution < -0.4 is 15.4 Å². The fourth-order valence-electron chi connectivity index (χ4n) is 2.73. The van der Waals surface area contributed by atoms with E-state index in [1.165, 1.54) is 6.92 Å². The number of carbonyl (C=O) groups excluding carboxylic acids is 1. The normalized spacial score (nSPS) is 11.1. The van der Waals surface area contributed by atoms with Gasteiger partial charge in [-0.15, -0.1) is 0 Å². The molecule has 0 aliphatic heterocycles. The summed E-state index contributed by atoms with van der Waals surface area (Å²) >= 11 is 6.28. The number of carbonyl (C=O) groups is 1. The van der Waals surface area contributed by atoms with Crippen molar-refractivity contribution in [2.24, 2.45) is 4.99 Å². The molecule has 2 rings (SSSR count). The molecule has 0 atom stereocenters. The number of hydrogen-bond donors (Lipinski definition) is 2. The van der Waals surface area contributed by atoms with E-state index in [0.29, 0.717) is 24.5 Å². The maximum atomic E-state index is 11.4. The predicted octanol–water partition coefficient (Wildman–Crippen LogP) is 3.90. The van der Waals surface area contributed by atoms with Gasteiger partial charge < -0.3 is 20.3 Å². The minimum Gasteiger partial charge on any atom is -0.495 e. The van der Waals surface area contributed by atoms with E-state index < -0.39 is 0 Å². The van der Waals surface area contributed by atoms with Gasteiger partial charge in [-0.2, -0.15) is 0 Å². The first-order chi connectivity index (χ1) is 13.4. The maximum absolute atomic E-state index is 11.4. The van der Waals surface area contributed by atoms with Gasteiger partial charge in [0.1, 0.15) is 5.75 Å². The highest BCUT2D eigenvalue weighted by Gasteiger charge is 2.10. The molecule has 0 spiro atoms. The van der Waals surface area contributed by atoms with Crippen molar-refractivity contribution in [1.82, 2.24) is 10.2 Å². The highest BCUT2D eigenvalue weighted by Crippen LogP contribution is 2.26. The first kappa shape index (κ1) is 21.6. The van der Waals surface area contributed by atoms with Crippen molar-refractivity contribution in [3.05, 3.63) is 58.6 Å². The Morgan fingerprint density at radius 1 is 1.25 bits per heavy atom. The topological polar surface area (TPSA) is 66.0 Å². The lowest BCUT2D eigenvalue weighted by atomic mass is 10.2. The molecular weight excluding hydrogens is 376 g/mol. The standard InChI is InChI=1S/C21H27ClN4O2/c1-5-23-21(26(3)14-17-8-6-7-9-18(17)22)24-13-16-10-11-20(28-4)19(12-16)25-15(2)27/h6-12H,5,13-14H2,1-4H3,(H,23,24)(H,25,27). The molecule has 0 fully saturated rings. The second kappa shape index (κ2) is 10.6. The smallest absolute Gasteiger partial charge is 0.221 e. The van der Waals surface area contributed by atoms with Crippen LogP contribution in [0.15, 0.2) is 47.5 Å². The van der Waals surface area contributed by atoms with E-state index in [1.807, 2.05) is 61.3 Å². The number of halogens is 1. The van der Waals surface area contributed by atoms with Crippen molar-refractivity contribution in [3.8, 4) is 5.75 Å². The lowest BCUT2D eigenvalue weighted by Gasteiger charge is -2.22. The minimum absolute atomic E-state index is 0.147. The van der Waals surface area contributed by atoms with Crippen molar-refractivity contribution >= 4 is 29.2 Å². The van der Waals surface area contributed by atoms with Crippen LogP contribution in [0.1, 0.15) is 25.0 Å². The first-order valence-corrected chi connectivity index (χ1v) is 9.49. The fraction of sp³-hybridized carbons (Fsp3) is 0.333. The Labute approximate surface area is 171 Å². The fourth-order valence-corrected chi connectivity index (χ4v) is 2.93. The number of hydrogen-bond acceptors (Lipinski definition) is 3. The zero-order chi connectivity index (χ0) is 20.5. The van der Waals surface area contributed by atoms with Gasteiger partial charge in [-0.1, -0.05) is 35.9 Å². The van der Waals surface area contributed by atoms with Crippen LogP contribution in [0.5, 0.6) is 5.75 Å². The first-order valence-electron chi connectivity index (χ1n) is 9.12. The van der Waals surface area contributed by atoms with Crippen LogP contribution in [0.2, 0.25) is 5.02 Å². The van der Waals surface area contributed by atoms with E-state index in [1.54, 1.807) is 7.11 Å². The molecule has 0 aromatic heterocycles. The molecule has 0 bridgehead atoms. The molecule has 1 amide bonds. The Kier molecular flexibility index (Phi) is 8.14. The third kappa shape index (κ3) is 6.16. The van der Waals surface area contributed by atoms with E-state index in [9.17, 15) is 4.79 Å². The highest BCUT2D eigenvalue weighted by atomic mass is 35.5. The van der Waals surface area contributed by atoms with Gasteiger partial charge in [-0.25, -0.2) is 4.99 Å². The second-order valence-corrected chi connectivity index (χ2v) is 6.74. The summed E-state index contributed by atoms with van der Waals surface area (Å²) in [4.78, 5) is 18.2. The van der Waals surface area contributed by atoms with E-state index in [2.05, 4.69) is 10.6 Å². The number of amides is 1. The Morgan fingerprint density at radius 2 is 2.00 bits per heavy atom. The van der Waals surface area contributed by atoms with Crippen molar-refractivity contribution < 1.29 is 9.53 Å². The van der Waals surface area contributed by atoms with Gasteiger partial charge in [0.15, 0.2) is 5.96 Å². The summed E-state index contributed by atoms with van der Waals surface area (Å²) in [5.41, 5.74) is 2.64. The molecule has 0 aliphatic rings. The highest BCUT2D eigenvalue weighted by molar-refractivity contribution is 6.31. The summed E-state index contributed by atoms with van der Waals surface area (Å²) in [6, 6.07) is 13.4. The third-order valence-electron chi connectivity index (χ3n) is 4.05. The molecule has 28 heavy (non-hydrogen) atoms. The molecule has 0 saturated heterocycles. The Hall–Kier alpha value is -2.73. The van der Waals surface area contributed by atoms with Crippen molar-refractivity contribution in [2.75, 3.05) is 26.0 Å². The van der Waals surface area contributed by atoms with E-state index in [0.717, 1.165) is 28.7 Å². The SMILES string of the molecule is CCNC(=NCc1ccc(OC)c(NC(C)=O)c1)N(C)Cc1ccccc1Cl. The Balaban J connectivity index is 2.17. The molecule has 2 aromatic rings. The number of benzene rings is 2. The molecule has 6 nitrogen and oxygen atoms in total. The summed E-state index contributed by atoms with van der Waals surface area (Å²) in [7, 11) is 3.55. The molecule has 0 radical (unpaired) electrons. The van der Waals surface area contributed by atoms with Crippen LogP contribution in [-0.4, -0.2) is 37.5 Å². The monoisotopic (exact) mass is 402 g/mol. The second-order valence-electron chi connectivity index (χ2n) is 6.33. The average Bonchev–Trinajstić information content (AvgIpc) is 2.66. The largest absolute Gasteiger partial charge is 0.495 e. The van der Waals surface area contributed by atoms with E-state index in [-0.39, 0.29) is 5.91 Å². The molecule has 0 heterocycles. The molecule has 2 N–H and O–H groups in total. The lowest BCUT2D eigenvalue weighted by Crippen LogP contribution is -2.38. The number of nitrogens with zero attached hydrogens (tertiary/aromatic N) is 2. The Morgan fingerprint density at radius 3 is 2.64 bits per heavy atom. The predicted molar refractivity (Wildman–Crippen MR) is 115 cm³/mol. The van der Waals surface area contributed by atoms with Crippen molar-refractivity contribution in [1.29, 1.82) is 0 Å².